The molecule has 0 saturated carbocycles. The molecule has 23 heavy (non-hydrogen) atoms. The minimum absolute atomic E-state index is 0.0107. The average Bonchev–Trinajstić information content (AvgIpc) is 3.06. The molecule has 3 N–H and O–H groups in total. The molecule has 1 fully saturated rings. The number of hydrogen-bond donors (Lipinski definition) is 2. The topological polar surface area (TPSA) is 75.4 Å². The number of nitrogens with zero attached hydrogens (tertiary/aromatic N) is 1. The van der Waals surface area contributed by atoms with Crippen LogP contribution < -0.4 is 11.1 Å². The Balaban J connectivity index is 1.71. The van der Waals surface area contributed by atoms with Crippen LogP contribution in [0.15, 0.2) is 17.5 Å². The zero-order valence-corrected chi connectivity index (χ0v) is 14.8. The van der Waals surface area contributed by atoms with Crippen LogP contribution in [0.4, 0.5) is 0 Å². The first-order valence-electron chi connectivity index (χ1n) is 8.33. The molecule has 5 nitrogen and oxygen atoms in total. The number of likely N-dealkylation sites (tertiary alicyclic amines) is 1. The summed E-state index contributed by atoms with van der Waals surface area (Å²) < 4.78 is 0. The van der Waals surface area contributed by atoms with Crippen LogP contribution in [0.5, 0.6) is 0 Å². The van der Waals surface area contributed by atoms with Gasteiger partial charge in [0.25, 0.3) is 0 Å². The molecule has 0 spiro atoms. The van der Waals surface area contributed by atoms with Crippen LogP contribution in [0.25, 0.3) is 0 Å². The Bertz CT molecular complexity index is 508. The van der Waals surface area contributed by atoms with Crippen molar-refractivity contribution in [3.05, 3.63) is 22.4 Å². The van der Waals surface area contributed by atoms with Gasteiger partial charge in [-0.05, 0) is 36.6 Å². The van der Waals surface area contributed by atoms with Gasteiger partial charge < -0.3 is 16.0 Å². The second-order valence-corrected chi connectivity index (χ2v) is 7.52. The summed E-state index contributed by atoms with van der Waals surface area (Å²) in [5.74, 6) is 0.275. The number of amides is 2. The lowest BCUT2D eigenvalue weighted by Crippen LogP contribution is -2.50. The zero-order chi connectivity index (χ0) is 16.8. The largest absolute Gasteiger partial charge is 0.355 e. The summed E-state index contributed by atoms with van der Waals surface area (Å²) in [5, 5.41) is 5.06. The fourth-order valence-corrected chi connectivity index (χ4v) is 3.48. The van der Waals surface area contributed by atoms with Crippen LogP contribution in [-0.4, -0.2) is 42.4 Å². The van der Waals surface area contributed by atoms with Gasteiger partial charge in [-0.3, -0.25) is 9.59 Å². The molecule has 1 aliphatic rings. The molecule has 1 aromatic rings. The van der Waals surface area contributed by atoms with Gasteiger partial charge in [-0.25, -0.2) is 0 Å². The molecule has 1 atom stereocenters. The number of rotatable bonds is 6. The van der Waals surface area contributed by atoms with Crippen molar-refractivity contribution in [2.45, 2.75) is 39.2 Å². The highest BCUT2D eigenvalue weighted by atomic mass is 32.1. The quantitative estimate of drug-likeness (QED) is 0.828. The molecule has 2 heterocycles. The Morgan fingerprint density at radius 3 is 2.65 bits per heavy atom. The maximum Gasteiger partial charge on any atom is 0.239 e. The Kier molecular flexibility index (Phi) is 6.59. The molecule has 6 heteroatoms. The molecule has 1 aliphatic heterocycles. The van der Waals surface area contributed by atoms with E-state index in [-0.39, 0.29) is 23.7 Å². The first-order valence-corrected chi connectivity index (χ1v) is 9.21. The fraction of sp³-hybridized carbons (Fsp3) is 0.647. The third-order valence-corrected chi connectivity index (χ3v) is 5.37. The maximum absolute atomic E-state index is 12.2. The van der Waals surface area contributed by atoms with Gasteiger partial charge in [0.15, 0.2) is 0 Å². The van der Waals surface area contributed by atoms with Crippen LogP contribution in [0, 0.1) is 11.8 Å². The predicted octanol–water partition coefficient (Wildman–Crippen LogP) is 1.63. The normalized spacial score (nSPS) is 17.3. The van der Waals surface area contributed by atoms with Crippen LogP contribution >= 0.6 is 11.3 Å². The molecule has 1 aromatic heterocycles. The van der Waals surface area contributed by atoms with Crippen molar-refractivity contribution in [1.29, 1.82) is 0 Å². The van der Waals surface area contributed by atoms with E-state index < -0.39 is 6.04 Å². The summed E-state index contributed by atoms with van der Waals surface area (Å²) in [4.78, 5) is 27.5. The zero-order valence-electron chi connectivity index (χ0n) is 14.0. The molecule has 0 aromatic carbocycles. The van der Waals surface area contributed by atoms with Crippen LogP contribution in [-0.2, 0) is 16.0 Å². The van der Waals surface area contributed by atoms with Gasteiger partial charge in [0.05, 0.1) is 6.04 Å². The second kappa shape index (κ2) is 8.45. The first kappa shape index (κ1) is 17.9. The van der Waals surface area contributed by atoms with Crippen LogP contribution in [0.1, 0.15) is 31.6 Å². The van der Waals surface area contributed by atoms with Crippen molar-refractivity contribution < 1.29 is 9.59 Å². The lowest BCUT2D eigenvalue weighted by Gasteiger charge is -2.33. The molecule has 0 radical (unpaired) electrons. The highest BCUT2D eigenvalue weighted by Crippen LogP contribution is 2.19. The molecule has 0 aliphatic carbocycles. The lowest BCUT2D eigenvalue weighted by molar-refractivity contribution is -0.137. The summed E-state index contributed by atoms with van der Waals surface area (Å²) in [6, 6.07) is 3.67. The molecule has 2 rings (SSSR count). The summed E-state index contributed by atoms with van der Waals surface area (Å²) in [6.45, 7) is 5.84. The van der Waals surface area contributed by atoms with E-state index >= 15 is 0 Å². The monoisotopic (exact) mass is 337 g/mol. The van der Waals surface area contributed by atoms with Crippen molar-refractivity contribution in [3.63, 3.8) is 0 Å². The third-order valence-electron chi connectivity index (χ3n) is 4.43. The lowest BCUT2D eigenvalue weighted by atomic mass is 9.94. The van der Waals surface area contributed by atoms with Crippen molar-refractivity contribution in [2.75, 3.05) is 19.6 Å². The Morgan fingerprint density at radius 2 is 2.09 bits per heavy atom. The Labute approximate surface area is 142 Å². The summed E-state index contributed by atoms with van der Waals surface area (Å²) >= 11 is 1.71. The molecular formula is C17H27N3O2S. The van der Waals surface area contributed by atoms with E-state index in [1.165, 1.54) is 4.88 Å². The van der Waals surface area contributed by atoms with Gasteiger partial charge in [-0.15, -0.1) is 11.3 Å². The minimum atomic E-state index is -0.439. The number of carbonyl (C=O) groups excluding carboxylic acids is 2. The number of thiophene rings is 1. The fourth-order valence-electron chi connectivity index (χ4n) is 2.77. The molecule has 2 amide bonds. The third kappa shape index (κ3) is 5.04. The summed E-state index contributed by atoms with van der Waals surface area (Å²) in [7, 11) is 0. The van der Waals surface area contributed by atoms with Crippen LogP contribution in [0.2, 0.25) is 0 Å². The van der Waals surface area contributed by atoms with Crippen molar-refractivity contribution in [3.8, 4) is 0 Å². The van der Waals surface area contributed by atoms with Gasteiger partial charge in [-0.1, -0.05) is 19.9 Å². The Hall–Kier alpha value is -1.40. The number of carbonyl (C=O) groups is 2. The standard InChI is InChI=1S/C17H27N3O2S/c1-12(2)15(18)17(22)20-9-6-13(7-10-20)16(21)19-8-5-14-4-3-11-23-14/h3-4,11-13,15H,5-10,18H2,1-2H3,(H,19,21)/t15-/m0/s1. The van der Waals surface area contributed by atoms with Gasteiger partial charge in [0, 0.05) is 30.4 Å². The Morgan fingerprint density at radius 1 is 1.39 bits per heavy atom. The van der Waals surface area contributed by atoms with Crippen LogP contribution in [0.3, 0.4) is 0 Å². The van der Waals surface area contributed by atoms with E-state index in [4.69, 9.17) is 5.73 Å². The number of nitrogens with two attached hydrogens (primary N) is 1. The number of piperidine rings is 1. The van der Waals surface area contributed by atoms with E-state index in [0.29, 0.717) is 19.6 Å². The first-order chi connectivity index (χ1) is 11.0. The molecule has 1 saturated heterocycles. The molecule has 0 unspecified atom stereocenters. The van der Waals surface area contributed by atoms with Gasteiger partial charge in [0.1, 0.15) is 0 Å². The summed E-state index contributed by atoms with van der Waals surface area (Å²) in [5.41, 5.74) is 5.93. The second-order valence-electron chi connectivity index (χ2n) is 6.49. The molecular weight excluding hydrogens is 310 g/mol. The minimum Gasteiger partial charge on any atom is -0.355 e. The molecule has 128 valence electrons. The van der Waals surface area contributed by atoms with Gasteiger partial charge in [-0.2, -0.15) is 0 Å². The van der Waals surface area contributed by atoms with E-state index in [0.717, 1.165) is 19.3 Å². The van der Waals surface area contributed by atoms with E-state index in [9.17, 15) is 9.59 Å². The summed E-state index contributed by atoms with van der Waals surface area (Å²) in [6.07, 6.45) is 2.33. The van der Waals surface area contributed by atoms with Gasteiger partial charge >= 0.3 is 0 Å². The van der Waals surface area contributed by atoms with Crippen molar-refractivity contribution in [1.82, 2.24) is 10.2 Å². The molecule has 0 bridgehead atoms. The highest BCUT2D eigenvalue weighted by Gasteiger charge is 2.30. The SMILES string of the molecule is CC(C)[C@H](N)C(=O)N1CCC(C(=O)NCCc2cccs2)CC1. The number of hydrogen-bond acceptors (Lipinski definition) is 4. The van der Waals surface area contributed by atoms with Gasteiger partial charge in [0.2, 0.25) is 11.8 Å². The highest BCUT2D eigenvalue weighted by molar-refractivity contribution is 7.09. The van der Waals surface area contributed by atoms with E-state index in [1.807, 2.05) is 25.3 Å². The van der Waals surface area contributed by atoms with E-state index in [2.05, 4.69) is 11.4 Å². The average molecular weight is 337 g/mol. The number of nitrogens with one attached hydrogen (secondary N) is 1. The predicted molar refractivity (Wildman–Crippen MR) is 93.2 cm³/mol. The van der Waals surface area contributed by atoms with E-state index in [1.54, 1.807) is 16.2 Å². The van der Waals surface area contributed by atoms with Crippen molar-refractivity contribution in [2.24, 2.45) is 17.6 Å². The maximum atomic E-state index is 12.2. The van der Waals surface area contributed by atoms with Crippen molar-refractivity contribution >= 4 is 23.2 Å². The smallest absolute Gasteiger partial charge is 0.239 e.